The molecule has 0 unspecified atom stereocenters. The highest BCUT2D eigenvalue weighted by molar-refractivity contribution is 9.10. The SMILES string of the molecule is CC(C)NS(=O)(=O)c1cnc2ccc(Br)cn12.O=S(=O)(Cl)c1cnc2ccc(Br)cn12. The highest BCUT2D eigenvalue weighted by Crippen LogP contribution is 2.19. The van der Waals surface area contributed by atoms with E-state index in [0.717, 1.165) is 8.95 Å². The van der Waals surface area contributed by atoms with Crippen molar-refractivity contribution in [2.45, 2.75) is 29.9 Å². The fourth-order valence-corrected chi connectivity index (χ4v) is 5.53. The normalized spacial score (nSPS) is 12.3. The molecule has 0 aliphatic rings. The van der Waals surface area contributed by atoms with Gasteiger partial charge in [0.1, 0.15) is 11.3 Å². The van der Waals surface area contributed by atoms with Gasteiger partial charge in [0.05, 0.1) is 12.4 Å². The molecule has 0 aromatic carbocycles. The second-order valence-corrected chi connectivity index (χ2v) is 12.6. The molecule has 0 aliphatic heterocycles. The molecular weight excluding hydrogens is 598 g/mol. The van der Waals surface area contributed by atoms with Crippen molar-refractivity contribution in [1.82, 2.24) is 23.5 Å². The van der Waals surface area contributed by atoms with E-state index in [4.69, 9.17) is 10.7 Å². The molecule has 0 amide bonds. The third kappa shape index (κ3) is 5.65. The van der Waals surface area contributed by atoms with Crippen molar-refractivity contribution >= 4 is 72.9 Å². The number of halogens is 3. The van der Waals surface area contributed by atoms with Crippen LogP contribution >= 0.6 is 42.5 Å². The number of imidazole rings is 2. The van der Waals surface area contributed by atoms with Crippen LogP contribution in [0, 0.1) is 0 Å². The molecule has 4 rings (SSSR count). The van der Waals surface area contributed by atoms with Crippen molar-refractivity contribution in [2.24, 2.45) is 0 Å². The number of sulfonamides is 1. The molecule has 0 radical (unpaired) electrons. The number of pyridine rings is 2. The van der Waals surface area contributed by atoms with Crippen LogP contribution in [0.15, 0.2) is 68.1 Å². The van der Waals surface area contributed by atoms with Crippen molar-refractivity contribution in [1.29, 1.82) is 0 Å². The summed E-state index contributed by atoms with van der Waals surface area (Å²) in [5.74, 6) is 0. The third-order valence-electron chi connectivity index (χ3n) is 3.79. The van der Waals surface area contributed by atoms with E-state index in [2.05, 4.69) is 46.5 Å². The van der Waals surface area contributed by atoms with Crippen molar-refractivity contribution in [3.63, 3.8) is 0 Å². The van der Waals surface area contributed by atoms with Gasteiger partial charge in [-0.05, 0) is 70.0 Å². The zero-order valence-corrected chi connectivity index (χ0v) is 21.6. The summed E-state index contributed by atoms with van der Waals surface area (Å²) in [4.78, 5) is 7.96. The first-order valence-electron chi connectivity index (χ1n) is 8.61. The zero-order valence-electron chi connectivity index (χ0n) is 16.1. The smallest absolute Gasteiger partial charge is 0.278 e. The van der Waals surface area contributed by atoms with Crippen LogP contribution < -0.4 is 4.72 Å². The van der Waals surface area contributed by atoms with Gasteiger partial charge in [0.25, 0.3) is 19.1 Å². The first-order chi connectivity index (χ1) is 14.4. The third-order valence-corrected chi connectivity index (χ3v) is 7.64. The van der Waals surface area contributed by atoms with Crippen LogP contribution in [0.25, 0.3) is 11.3 Å². The second kappa shape index (κ2) is 9.16. The average Bonchev–Trinajstić information content (AvgIpc) is 3.24. The molecule has 14 heteroatoms. The maximum absolute atomic E-state index is 12.0. The summed E-state index contributed by atoms with van der Waals surface area (Å²) in [6.07, 6.45) is 5.85. The predicted molar refractivity (Wildman–Crippen MR) is 124 cm³/mol. The summed E-state index contributed by atoms with van der Waals surface area (Å²) in [5, 5.41) is 0.109. The average molecular weight is 614 g/mol. The summed E-state index contributed by atoms with van der Waals surface area (Å²) < 4.78 is 53.3. The van der Waals surface area contributed by atoms with E-state index in [1.54, 1.807) is 44.4 Å². The van der Waals surface area contributed by atoms with E-state index in [1.165, 1.54) is 21.2 Å². The Hall–Kier alpha value is -1.51. The van der Waals surface area contributed by atoms with Crippen LogP contribution in [-0.4, -0.2) is 41.6 Å². The monoisotopic (exact) mass is 611 g/mol. The maximum atomic E-state index is 12.0. The Labute approximate surface area is 200 Å². The summed E-state index contributed by atoms with van der Waals surface area (Å²) in [5.41, 5.74) is 1.13. The van der Waals surface area contributed by atoms with Gasteiger partial charge in [-0.25, -0.2) is 31.5 Å². The molecule has 0 atom stereocenters. The lowest BCUT2D eigenvalue weighted by Gasteiger charge is -2.08. The lowest BCUT2D eigenvalue weighted by atomic mass is 10.4. The van der Waals surface area contributed by atoms with Gasteiger partial charge in [0.2, 0.25) is 0 Å². The van der Waals surface area contributed by atoms with Crippen molar-refractivity contribution in [3.8, 4) is 0 Å². The van der Waals surface area contributed by atoms with Crippen LogP contribution in [-0.2, 0) is 19.1 Å². The van der Waals surface area contributed by atoms with Crippen LogP contribution in [0.3, 0.4) is 0 Å². The topological polar surface area (TPSA) is 115 Å². The van der Waals surface area contributed by atoms with Crippen molar-refractivity contribution in [2.75, 3.05) is 0 Å². The Morgan fingerprint density at radius 3 is 1.77 bits per heavy atom. The van der Waals surface area contributed by atoms with Gasteiger partial charge in [-0.15, -0.1) is 0 Å². The molecule has 4 heterocycles. The number of aromatic nitrogens is 4. The van der Waals surface area contributed by atoms with E-state index < -0.39 is 19.1 Å². The fraction of sp³-hybridized carbons (Fsp3) is 0.176. The molecule has 4 aromatic rings. The van der Waals surface area contributed by atoms with Gasteiger partial charge in [0, 0.05) is 38.1 Å². The molecule has 31 heavy (non-hydrogen) atoms. The summed E-state index contributed by atoms with van der Waals surface area (Å²) in [6, 6.07) is 6.87. The van der Waals surface area contributed by atoms with Gasteiger partial charge >= 0.3 is 0 Å². The van der Waals surface area contributed by atoms with Gasteiger partial charge < -0.3 is 0 Å². The molecule has 0 fully saturated rings. The Kier molecular flexibility index (Phi) is 7.13. The second-order valence-electron chi connectivity index (χ2n) is 6.56. The number of hydrogen-bond donors (Lipinski definition) is 1. The first-order valence-corrected chi connectivity index (χ1v) is 14.0. The van der Waals surface area contributed by atoms with Crippen LogP contribution in [0.4, 0.5) is 0 Å². The maximum Gasteiger partial charge on any atom is 0.278 e. The minimum absolute atomic E-state index is 0.0320. The number of fused-ring (bicyclic) bond motifs is 2. The molecule has 1 N–H and O–H groups in total. The Balaban J connectivity index is 0.000000179. The van der Waals surface area contributed by atoms with Crippen LogP contribution in [0.5, 0.6) is 0 Å². The minimum Gasteiger partial charge on any atom is -0.288 e. The predicted octanol–water partition coefficient (Wildman–Crippen LogP) is 3.81. The Bertz CT molecular complexity index is 1470. The molecule has 0 aliphatic carbocycles. The standard InChI is InChI=1S/C10H12BrN3O2S.C7H4BrClN2O2S/c1-7(2)13-17(15,16)10-5-12-9-4-3-8(11)6-14(9)10;8-5-1-2-6-10-3-7(11(6)4-5)14(9,12)13/h3-7,13H,1-2H3;1-4H. The quantitative estimate of drug-likeness (QED) is 0.350. The van der Waals surface area contributed by atoms with Gasteiger partial charge in [-0.3, -0.25) is 8.80 Å². The zero-order chi connectivity index (χ0) is 23.0. The molecular formula is C17H16Br2ClN5O4S2. The van der Waals surface area contributed by atoms with E-state index in [-0.39, 0.29) is 16.1 Å². The van der Waals surface area contributed by atoms with E-state index in [1.807, 2.05) is 6.07 Å². The highest BCUT2D eigenvalue weighted by atomic mass is 79.9. The summed E-state index contributed by atoms with van der Waals surface area (Å²) >= 11 is 6.54. The summed E-state index contributed by atoms with van der Waals surface area (Å²) in [7, 11) is -2.05. The van der Waals surface area contributed by atoms with Crippen LogP contribution in [0.2, 0.25) is 0 Å². The Morgan fingerprint density at radius 2 is 1.32 bits per heavy atom. The number of nitrogens with zero attached hydrogens (tertiary/aromatic N) is 4. The first kappa shape index (κ1) is 24.1. The van der Waals surface area contributed by atoms with Gasteiger partial charge in [0.15, 0.2) is 10.1 Å². The largest absolute Gasteiger partial charge is 0.288 e. The number of rotatable bonds is 4. The molecule has 0 spiro atoms. The van der Waals surface area contributed by atoms with Crippen molar-refractivity contribution in [3.05, 3.63) is 58.0 Å². The molecule has 0 bridgehead atoms. The minimum atomic E-state index is -3.75. The number of hydrogen-bond acceptors (Lipinski definition) is 6. The van der Waals surface area contributed by atoms with Crippen LogP contribution in [0.1, 0.15) is 13.8 Å². The van der Waals surface area contributed by atoms with Crippen molar-refractivity contribution < 1.29 is 16.8 Å². The lowest BCUT2D eigenvalue weighted by Crippen LogP contribution is -2.31. The molecule has 4 aromatic heterocycles. The molecule has 9 nitrogen and oxygen atoms in total. The fourth-order valence-electron chi connectivity index (χ4n) is 2.61. The van der Waals surface area contributed by atoms with Gasteiger partial charge in [-0.2, -0.15) is 0 Å². The summed E-state index contributed by atoms with van der Waals surface area (Å²) in [6.45, 7) is 3.55. The molecule has 0 saturated heterocycles. The lowest BCUT2D eigenvalue weighted by molar-refractivity contribution is 0.565. The van der Waals surface area contributed by atoms with E-state index >= 15 is 0 Å². The van der Waals surface area contributed by atoms with E-state index in [9.17, 15) is 16.8 Å². The van der Waals surface area contributed by atoms with E-state index in [0.29, 0.717) is 11.3 Å². The highest BCUT2D eigenvalue weighted by Gasteiger charge is 2.20. The molecule has 0 saturated carbocycles. The van der Waals surface area contributed by atoms with Gasteiger partial charge in [-0.1, -0.05) is 0 Å². The molecule has 166 valence electrons. The number of nitrogens with one attached hydrogen (secondary N) is 1. The Morgan fingerprint density at radius 1 is 0.871 bits per heavy atom.